The van der Waals surface area contributed by atoms with E-state index in [1.54, 1.807) is 13.8 Å². The average molecular weight is 203 g/mol. The van der Waals surface area contributed by atoms with E-state index in [2.05, 4.69) is 5.10 Å². The summed E-state index contributed by atoms with van der Waals surface area (Å²) in [6, 6.07) is -0.165. The fourth-order valence-corrected chi connectivity index (χ4v) is 1.68. The Morgan fingerprint density at radius 1 is 1.43 bits per heavy atom. The third kappa shape index (κ3) is 2.09. The van der Waals surface area contributed by atoms with Crippen LogP contribution in [0.15, 0.2) is 0 Å². The van der Waals surface area contributed by atoms with E-state index in [9.17, 15) is 8.78 Å². The number of hydrogen-bond donors (Lipinski definition) is 1. The van der Waals surface area contributed by atoms with Crippen molar-refractivity contribution in [3.63, 3.8) is 0 Å². The van der Waals surface area contributed by atoms with Gasteiger partial charge in [-0.3, -0.25) is 4.68 Å². The SMILES string of the molecule is Cc1nn(CC(F)F)c(C)c1C(C)N. The van der Waals surface area contributed by atoms with Crippen molar-refractivity contribution in [2.75, 3.05) is 0 Å². The van der Waals surface area contributed by atoms with Gasteiger partial charge in [0.2, 0.25) is 0 Å². The minimum atomic E-state index is -2.38. The molecule has 0 saturated heterocycles. The van der Waals surface area contributed by atoms with Crippen molar-refractivity contribution in [3.8, 4) is 0 Å². The number of nitrogens with zero attached hydrogens (tertiary/aromatic N) is 2. The Morgan fingerprint density at radius 2 is 2.00 bits per heavy atom. The number of nitrogens with two attached hydrogens (primary N) is 1. The molecule has 1 atom stereocenters. The van der Waals surface area contributed by atoms with Gasteiger partial charge in [-0.1, -0.05) is 0 Å². The molecule has 3 nitrogen and oxygen atoms in total. The van der Waals surface area contributed by atoms with E-state index in [4.69, 9.17) is 5.73 Å². The van der Waals surface area contributed by atoms with E-state index in [-0.39, 0.29) is 12.6 Å². The molecule has 5 heteroatoms. The molecule has 80 valence electrons. The average Bonchev–Trinajstić information content (AvgIpc) is 2.25. The van der Waals surface area contributed by atoms with E-state index in [0.717, 1.165) is 17.0 Å². The molecule has 0 aliphatic carbocycles. The first-order chi connectivity index (χ1) is 6.43. The number of aryl methyl sites for hydroxylation is 1. The number of halogens is 2. The van der Waals surface area contributed by atoms with Gasteiger partial charge in [-0.15, -0.1) is 0 Å². The number of aromatic nitrogens is 2. The maximum Gasteiger partial charge on any atom is 0.257 e. The highest BCUT2D eigenvalue weighted by Crippen LogP contribution is 2.19. The van der Waals surface area contributed by atoms with Gasteiger partial charge in [-0.2, -0.15) is 5.10 Å². The molecule has 1 heterocycles. The van der Waals surface area contributed by atoms with Gasteiger partial charge in [0, 0.05) is 17.3 Å². The van der Waals surface area contributed by atoms with Crippen molar-refractivity contribution in [2.45, 2.75) is 39.8 Å². The fraction of sp³-hybridized carbons (Fsp3) is 0.667. The summed E-state index contributed by atoms with van der Waals surface area (Å²) >= 11 is 0. The maximum absolute atomic E-state index is 12.2. The Hall–Kier alpha value is -0.970. The van der Waals surface area contributed by atoms with Crippen molar-refractivity contribution in [3.05, 3.63) is 17.0 Å². The van der Waals surface area contributed by atoms with Gasteiger partial charge < -0.3 is 5.73 Å². The van der Waals surface area contributed by atoms with Crippen LogP contribution in [0.25, 0.3) is 0 Å². The zero-order chi connectivity index (χ0) is 10.9. The van der Waals surface area contributed by atoms with E-state index >= 15 is 0 Å². The molecule has 1 aromatic heterocycles. The van der Waals surface area contributed by atoms with E-state index < -0.39 is 6.43 Å². The largest absolute Gasteiger partial charge is 0.324 e. The predicted molar refractivity (Wildman–Crippen MR) is 50.3 cm³/mol. The lowest BCUT2D eigenvalue weighted by molar-refractivity contribution is 0.121. The highest BCUT2D eigenvalue weighted by molar-refractivity contribution is 5.27. The minimum absolute atomic E-state index is 0.165. The third-order valence-electron chi connectivity index (χ3n) is 2.20. The molecule has 0 spiro atoms. The molecule has 14 heavy (non-hydrogen) atoms. The zero-order valence-electron chi connectivity index (χ0n) is 8.59. The highest BCUT2D eigenvalue weighted by atomic mass is 19.3. The summed E-state index contributed by atoms with van der Waals surface area (Å²) in [4.78, 5) is 0. The van der Waals surface area contributed by atoms with Crippen LogP contribution < -0.4 is 5.73 Å². The molecule has 0 aliphatic heterocycles. The second kappa shape index (κ2) is 4.04. The molecule has 0 aliphatic rings. The first kappa shape index (κ1) is 11.1. The van der Waals surface area contributed by atoms with Crippen molar-refractivity contribution >= 4 is 0 Å². The van der Waals surface area contributed by atoms with E-state index in [1.807, 2.05) is 6.92 Å². The van der Waals surface area contributed by atoms with Gasteiger partial charge in [0.15, 0.2) is 0 Å². The molecule has 0 aromatic carbocycles. The van der Waals surface area contributed by atoms with E-state index in [0.29, 0.717) is 0 Å². The van der Waals surface area contributed by atoms with Crippen LogP contribution in [0, 0.1) is 13.8 Å². The quantitative estimate of drug-likeness (QED) is 0.813. The maximum atomic E-state index is 12.2. The van der Waals surface area contributed by atoms with Gasteiger partial charge in [-0.05, 0) is 20.8 Å². The van der Waals surface area contributed by atoms with Crippen molar-refractivity contribution in [1.29, 1.82) is 0 Å². The lowest BCUT2D eigenvalue weighted by Gasteiger charge is -2.06. The second-order valence-electron chi connectivity index (χ2n) is 3.45. The van der Waals surface area contributed by atoms with Crippen LogP contribution in [-0.4, -0.2) is 16.2 Å². The monoisotopic (exact) mass is 203 g/mol. The minimum Gasteiger partial charge on any atom is -0.324 e. The molecule has 2 N–H and O–H groups in total. The summed E-state index contributed by atoms with van der Waals surface area (Å²) in [5.74, 6) is 0. The van der Waals surface area contributed by atoms with Crippen molar-refractivity contribution < 1.29 is 8.78 Å². The Labute approximate surface area is 81.9 Å². The topological polar surface area (TPSA) is 43.8 Å². The Kier molecular flexibility index (Phi) is 3.21. The molecular weight excluding hydrogens is 188 g/mol. The molecule has 0 bridgehead atoms. The number of hydrogen-bond acceptors (Lipinski definition) is 2. The lowest BCUT2D eigenvalue weighted by Crippen LogP contribution is -2.11. The van der Waals surface area contributed by atoms with Crippen LogP contribution in [0.5, 0.6) is 0 Å². The van der Waals surface area contributed by atoms with E-state index in [1.165, 1.54) is 4.68 Å². The zero-order valence-corrected chi connectivity index (χ0v) is 8.59. The lowest BCUT2D eigenvalue weighted by atomic mass is 10.1. The highest BCUT2D eigenvalue weighted by Gasteiger charge is 2.16. The summed E-state index contributed by atoms with van der Waals surface area (Å²) in [5.41, 5.74) is 8.05. The Morgan fingerprint density at radius 3 is 2.36 bits per heavy atom. The van der Waals surface area contributed by atoms with Gasteiger partial charge in [0.25, 0.3) is 6.43 Å². The Balaban J connectivity index is 3.04. The summed E-state index contributed by atoms with van der Waals surface area (Å²) < 4.78 is 25.6. The molecule has 0 fully saturated rings. The number of alkyl halides is 2. The summed E-state index contributed by atoms with van der Waals surface area (Å²) in [6.45, 7) is 5.01. The van der Waals surface area contributed by atoms with Crippen molar-refractivity contribution in [2.24, 2.45) is 5.73 Å². The molecule has 0 radical (unpaired) electrons. The summed E-state index contributed by atoms with van der Waals surface area (Å²) in [5, 5.41) is 4.03. The van der Waals surface area contributed by atoms with Gasteiger partial charge >= 0.3 is 0 Å². The first-order valence-corrected chi connectivity index (χ1v) is 4.51. The number of rotatable bonds is 3. The van der Waals surface area contributed by atoms with Gasteiger partial charge in [-0.25, -0.2) is 8.78 Å². The molecule has 0 saturated carbocycles. The summed E-state index contributed by atoms with van der Waals surface area (Å²) in [6.07, 6.45) is -2.38. The van der Waals surface area contributed by atoms with Crippen LogP contribution in [0.3, 0.4) is 0 Å². The molecule has 1 aromatic rings. The normalized spacial score (nSPS) is 13.6. The third-order valence-corrected chi connectivity index (χ3v) is 2.20. The van der Waals surface area contributed by atoms with Crippen LogP contribution in [0.4, 0.5) is 8.78 Å². The summed E-state index contributed by atoms with van der Waals surface area (Å²) in [7, 11) is 0. The van der Waals surface area contributed by atoms with Gasteiger partial charge in [0.05, 0.1) is 5.69 Å². The predicted octanol–water partition coefficient (Wildman–Crippen LogP) is 1.78. The molecular formula is C9H15F2N3. The molecule has 1 rings (SSSR count). The molecule has 0 amide bonds. The van der Waals surface area contributed by atoms with Gasteiger partial charge in [0.1, 0.15) is 6.54 Å². The van der Waals surface area contributed by atoms with Crippen LogP contribution >= 0.6 is 0 Å². The second-order valence-corrected chi connectivity index (χ2v) is 3.45. The van der Waals surface area contributed by atoms with Crippen LogP contribution in [-0.2, 0) is 6.54 Å². The van der Waals surface area contributed by atoms with Crippen LogP contribution in [0.1, 0.15) is 29.9 Å². The Bertz CT molecular complexity index is 318. The van der Waals surface area contributed by atoms with Crippen molar-refractivity contribution in [1.82, 2.24) is 9.78 Å². The first-order valence-electron chi connectivity index (χ1n) is 4.51. The molecule has 1 unspecified atom stereocenters. The standard InChI is InChI=1S/C9H15F2N3/c1-5(12)9-6(2)13-14(7(9)3)4-8(10)11/h5,8H,4,12H2,1-3H3. The fourth-order valence-electron chi connectivity index (χ4n) is 1.68. The van der Waals surface area contributed by atoms with Crippen LogP contribution in [0.2, 0.25) is 0 Å². The smallest absolute Gasteiger partial charge is 0.257 e.